The van der Waals surface area contributed by atoms with Crippen LogP contribution in [0.3, 0.4) is 0 Å². The highest BCUT2D eigenvalue weighted by Crippen LogP contribution is 2.50. The predicted molar refractivity (Wildman–Crippen MR) is 133 cm³/mol. The topological polar surface area (TPSA) is 67.9 Å². The Morgan fingerprint density at radius 1 is 1.03 bits per heavy atom. The first-order valence-corrected chi connectivity index (χ1v) is 12.3. The van der Waals surface area contributed by atoms with E-state index in [2.05, 4.69) is 5.32 Å². The lowest BCUT2D eigenvalue weighted by atomic mass is 9.96. The number of halogens is 1. The third-order valence-electron chi connectivity index (χ3n) is 7.39. The number of carbonyl (C=O) groups is 2. The summed E-state index contributed by atoms with van der Waals surface area (Å²) in [6, 6.07) is 17.2. The number of carbonyl (C=O) groups excluding carboxylic acids is 2. The highest BCUT2D eigenvalue weighted by Gasteiger charge is 2.54. The van der Waals surface area contributed by atoms with E-state index in [4.69, 9.17) is 9.47 Å². The minimum absolute atomic E-state index is 0.0884. The molecule has 1 saturated carbocycles. The zero-order valence-electron chi connectivity index (χ0n) is 20.0. The minimum Gasteiger partial charge on any atom is -0.486 e. The van der Waals surface area contributed by atoms with Crippen LogP contribution in [0.1, 0.15) is 32.7 Å². The number of rotatable bonds is 5. The zero-order valence-corrected chi connectivity index (χ0v) is 20.0. The van der Waals surface area contributed by atoms with Gasteiger partial charge in [0.2, 0.25) is 0 Å². The number of benzene rings is 3. The molecule has 3 aromatic carbocycles. The number of hydrogen-bond donors (Lipinski definition) is 1. The van der Waals surface area contributed by atoms with Crippen LogP contribution in [0.25, 0.3) is 11.1 Å². The Hall–Kier alpha value is -3.87. The Morgan fingerprint density at radius 2 is 1.86 bits per heavy atom. The van der Waals surface area contributed by atoms with Crippen molar-refractivity contribution in [3.8, 4) is 22.6 Å². The van der Waals surface area contributed by atoms with Crippen molar-refractivity contribution in [1.29, 1.82) is 0 Å². The second kappa shape index (κ2) is 8.97. The normalized spacial score (nSPS) is 21.6. The lowest BCUT2D eigenvalue weighted by Gasteiger charge is -2.29. The van der Waals surface area contributed by atoms with Crippen molar-refractivity contribution in [2.45, 2.75) is 19.4 Å². The summed E-state index contributed by atoms with van der Waals surface area (Å²) in [5.41, 5.74) is 3.37. The second-order valence-corrected chi connectivity index (χ2v) is 9.78. The Balaban J connectivity index is 1.23. The van der Waals surface area contributed by atoms with Gasteiger partial charge < -0.3 is 19.7 Å². The predicted octanol–water partition coefficient (Wildman–Crippen LogP) is 4.46. The smallest absolute Gasteiger partial charge is 0.255 e. The van der Waals surface area contributed by atoms with Crippen LogP contribution < -0.4 is 14.8 Å². The van der Waals surface area contributed by atoms with Crippen molar-refractivity contribution in [2.75, 3.05) is 26.3 Å². The monoisotopic (exact) mass is 486 g/mol. The molecule has 3 atom stereocenters. The van der Waals surface area contributed by atoms with E-state index < -0.39 is 0 Å². The summed E-state index contributed by atoms with van der Waals surface area (Å²) in [6.07, 6.45) is 1.06. The summed E-state index contributed by atoms with van der Waals surface area (Å²) in [4.78, 5) is 28.7. The summed E-state index contributed by atoms with van der Waals surface area (Å²) < 4.78 is 25.3. The molecule has 7 heteroatoms. The Bertz CT molecular complexity index is 1360. The van der Waals surface area contributed by atoms with Crippen LogP contribution in [0.4, 0.5) is 4.39 Å². The Labute approximate surface area is 209 Å². The molecule has 1 saturated heterocycles. The van der Waals surface area contributed by atoms with Crippen LogP contribution in [-0.4, -0.2) is 49.1 Å². The number of piperidine rings is 1. The van der Waals surface area contributed by atoms with Crippen molar-refractivity contribution in [1.82, 2.24) is 10.2 Å². The number of fused-ring (bicyclic) bond motifs is 2. The number of para-hydroxylation sites is 1. The Kier molecular flexibility index (Phi) is 5.63. The molecule has 0 aromatic heterocycles. The first-order chi connectivity index (χ1) is 17.5. The van der Waals surface area contributed by atoms with E-state index in [9.17, 15) is 14.0 Å². The van der Waals surface area contributed by atoms with Gasteiger partial charge in [-0.1, -0.05) is 35.9 Å². The molecule has 0 radical (unpaired) electrons. The number of hydrogen-bond acceptors (Lipinski definition) is 4. The molecular weight excluding hydrogens is 459 g/mol. The molecular formula is C29H27FN2O4. The third-order valence-corrected chi connectivity index (χ3v) is 7.39. The fourth-order valence-electron chi connectivity index (χ4n) is 5.51. The maximum absolute atomic E-state index is 14.0. The van der Waals surface area contributed by atoms with Crippen LogP contribution in [0.2, 0.25) is 0 Å². The largest absolute Gasteiger partial charge is 0.486 e. The number of likely N-dealkylation sites (tertiary alicyclic amines) is 1. The highest BCUT2D eigenvalue weighted by atomic mass is 19.1. The molecule has 6 rings (SSSR count). The molecule has 2 amide bonds. The summed E-state index contributed by atoms with van der Waals surface area (Å²) in [7, 11) is 0. The van der Waals surface area contributed by atoms with E-state index in [1.165, 1.54) is 12.1 Å². The van der Waals surface area contributed by atoms with Crippen molar-refractivity contribution >= 4 is 11.8 Å². The summed E-state index contributed by atoms with van der Waals surface area (Å²) in [5, 5.41) is 3.03. The zero-order chi connectivity index (χ0) is 24.8. The molecule has 0 bridgehead atoms. The van der Waals surface area contributed by atoms with E-state index in [0.717, 1.165) is 17.5 Å². The van der Waals surface area contributed by atoms with Crippen LogP contribution in [-0.2, 0) is 0 Å². The van der Waals surface area contributed by atoms with E-state index in [1.807, 2.05) is 36.1 Å². The molecule has 36 heavy (non-hydrogen) atoms. The summed E-state index contributed by atoms with van der Waals surface area (Å²) in [5.74, 6) is 1.19. The van der Waals surface area contributed by atoms with Gasteiger partial charge in [0.05, 0.1) is 11.6 Å². The maximum Gasteiger partial charge on any atom is 0.255 e. The fraction of sp³-hybridized carbons (Fsp3) is 0.310. The number of amides is 2. The fourth-order valence-corrected chi connectivity index (χ4v) is 5.51. The molecule has 0 unspecified atom stereocenters. The molecule has 2 fully saturated rings. The van der Waals surface area contributed by atoms with Gasteiger partial charge in [-0.05, 0) is 66.6 Å². The lowest BCUT2D eigenvalue weighted by molar-refractivity contribution is 0.0695. The van der Waals surface area contributed by atoms with Crippen LogP contribution >= 0.6 is 0 Å². The van der Waals surface area contributed by atoms with Gasteiger partial charge in [0.15, 0.2) is 11.5 Å². The average molecular weight is 487 g/mol. The summed E-state index contributed by atoms with van der Waals surface area (Å²) in [6.45, 7) is 3.83. The molecule has 0 spiro atoms. The van der Waals surface area contributed by atoms with Crippen molar-refractivity contribution in [2.24, 2.45) is 11.8 Å². The quantitative estimate of drug-likeness (QED) is 0.578. The minimum atomic E-state index is -0.340. The van der Waals surface area contributed by atoms with Crippen LogP contribution in [0.15, 0.2) is 60.7 Å². The Morgan fingerprint density at radius 3 is 2.72 bits per heavy atom. The molecule has 3 aliphatic rings. The van der Waals surface area contributed by atoms with Gasteiger partial charge in [-0.25, -0.2) is 4.39 Å². The standard InChI is InChI=1S/C29H27FN2O4/c1-17-8-9-21(23(12-17)18-4-2-5-20(30)13-18)29(34)32-16-19-14-24(19)25(32)15-31-28(33)22-6-3-7-26-27(22)36-11-10-35-26/h2-9,12-13,19,24-25H,10-11,14-16H2,1H3,(H,31,33)/t19-,24-,25-/m1/s1. The molecule has 1 aliphatic carbocycles. The van der Waals surface area contributed by atoms with Crippen molar-refractivity contribution in [3.05, 3.63) is 83.2 Å². The molecule has 6 nitrogen and oxygen atoms in total. The molecule has 2 heterocycles. The average Bonchev–Trinajstić information content (AvgIpc) is 3.57. The SMILES string of the molecule is Cc1ccc(C(=O)N2C[C@H]3C[C@H]3[C@H]2CNC(=O)c2cccc3c2OCCO3)c(-c2cccc(F)c2)c1. The van der Waals surface area contributed by atoms with Gasteiger partial charge >= 0.3 is 0 Å². The number of ether oxygens (including phenoxy) is 2. The van der Waals surface area contributed by atoms with E-state index in [0.29, 0.717) is 66.3 Å². The van der Waals surface area contributed by atoms with Crippen LogP contribution in [0, 0.1) is 24.6 Å². The second-order valence-electron chi connectivity index (χ2n) is 9.78. The van der Waals surface area contributed by atoms with Gasteiger partial charge in [-0.2, -0.15) is 0 Å². The molecule has 2 aliphatic heterocycles. The van der Waals surface area contributed by atoms with Gasteiger partial charge in [0.25, 0.3) is 11.8 Å². The molecule has 184 valence electrons. The van der Waals surface area contributed by atoms with Gasteiger partial charge in [0.1, 0.15) is 19.0 Å². The van der Waals surface area contributed by atoms with E-state index >= 15 is 0 Å². The summed E-state index contributed by atoms with van der Waals surface area (Å²) >= 11 is 0. The highest BCUT2D eigenvalue weighted by molar-refractivity contribution is 6.02. The van der Waals surface area contributed by atoms with Gasteiger partial charge in [0, 0.05) is 18.7 Å². The van der Waals surface area contributed by atoms with Crippen molar-refractivity contribution in [3.63, 3.8) is 0 Å². The lowest BCUT2D eigenvalue weighted by Crippen LogP contribution is -2.45. The van der Waals surface area contributed by atoms with Crippen molar-refractivity contribution < 1.29 is 23.5 Å². The number of nitrogens with zero attached hydrogens (tertiary/aromatic N) is 1. The number of nitrogens with one attached hydrogen (secondary N) is 1. The number of aryl methyl sites for hydroxylation is 1. The van der Waals surface area contributed by atoms with Gasteiger partial charge in [-0.15, -0.1) is 0 Å². The maximum atomic E-state index is 14.0. The third kappa shape index (κ3) is 4.08. The first-order valence-electron chi connectivity index (χ1n) is 12.3. The molecule has 3 aromatic rings. The van der Waals surface area contributed by atoms with E-state index in [1.54, 1.807) is 24.3 Å². The molecule has 1 N–H and O–H groups in total. The first kappa shape index (κ1) is 22.6. The van der Waals surface area contributed by atoms with Gasteiger partial charge in [-0.3, -0.25) is 9.59 Å². The van der Waals surface area contributed by atoms with E-state index in [-0.39, 0.29) is 23.7 Å². The van der Waals surface area contributed by atoms with Crippen LogP contribution in [0.5, 0.6) is 11.5 Å².